The highest BCUT2D eigenvalue weighted by Crippen LogP contribution is 2.25. The number of nitrogens with zero attached hydrogens (tertiary/aromatic N) is 3. The number of nitrogen functional groups attached to an aromatic ring is 1. The SMILES string of the molecule is CCc1nnc(SCC(=O)Nc2cc(Cl)ccc2Cl)n1N. The fourth-order valence-electron chi connectivity index (χ4n) is 1.56. The van der Waals surface area contributed by atoms with Gasteiger partial charge in [0.25, 0.3) is 0 Å². The van der Waals surface area contributed by atoms with Crippen LogP contribution in [0.25, 0.3) is 0 Å². The van der Waals surface area contributed by atoms with Gasteiger partial charge in [-0.15, -0.1) is 10.2 Å². The highest BCUT2D eigenvalue weighted by Gasteiger charge is 2.12. The van der Waals surface area contributed by atoms with Crippen molar-refractivity contribution < 1.29 is 4.79 Å². The summed E-state index contributed by atoms with van der Waals surface area (Å²) in [7, 11) is 0. The summed E-state index contributed by atoms with van der Waals surface area (Å²) in [6, 6.07) is 4.86. The van der Waals surface area contributed by atoms with Gasteiger partial charge in [-0.05, 0) is 18.2 Å². The van der Waals surface area contributed by atoms with Crippen LogP contribution in [0.4, 0.5) is 5.69 Å². The minimum atomic E-state index is -0.231. The molecule has 0 aliphatic carbocycles. The van der Waals surface area contributed by atoms with E-state index in [9.17, 15) is 4.79 Å². The molecule has 2 aromatic rings. The van der Waals surface area contributed by atoms with Gasteiger partial charge in [0, 0.05) is 11.4 Å². The number of halogens is 2. The van der Waals surface area contributed by atoms with E-state index in [-0.39, 0.29) is 11.7 Å². The second-order valence-electron chi connectivity index (χ2n) is 4.08. The monoisotopic (exact) mass is 345 g/mol. The van der Waals surface area contributed by atoms with E-state index in [2.05, 4.69) is 15.5 Å². The minimum absolute atomic E-state index is 0.141. The zero-order valence-corrected chi connectivity index (χ0v) is 13.5. The molecule has 21 heavy (non-hydrogen) atoms. The molecule has 0 aliphatic heterocycles. The van der Waals surface area contributed by atoms with Crippen LogP contribution in [0.3, 0.4) is 0 Å². The van der Waals surface area contributed by atoms with E-state index >= 15 is 0 Å². The van der Waals surface area contributed by atoms with Crippen molar-refractivity contribution in [2.24, 2.45) is 0 Å². The Morgan fingerprint density at radius 2 is 2.19 bits per heavy atom. The van der Waals surface area contributed by atoms with Gasteiger partial charge in [-0.2, -0.15) is 0 Å². The number of hydrogen-bond acceptors (Lipinski definition) is 5. The van der Waals surface area contributed by atoms with Gasteiger partial charge in [0.15, 0.2) is 5.82 Å². The predicted molar refractivity (Wildman–Crippen MR) is 85.4 cm³/mol. The second kappa shape index (κ2) is 7.02. The summed E-state index contributed by atoms with van der Waals surface area (Å²) >= 11 is 13.0. The summed E-state index contributed by atoms with van der Waals surface area (Å²) < 4.78 is 1.38. The summed E-state index contributed by atoms with van der Waals surface area (Å²) in [6.45, 7) is 1.93. The Morgan fingerprint density at radius 3 is 2.86 bits per heavy atom. The quantitative estimate of drug-likeness (QED) is 0.642. The van der Waals surface area contributed by atoms with Gasteiger partial charge in [-0.3, -0.25) is 4.79 Å². The number of anilines is 1. The van der Waals surface area contributed by atoms with Crippen molar-refractivity contribution in [3.05, 3.63) is 34.1 Å². The second-order valence-corrected chi connectivity index (χ2v) is 5.87. The van der Waals surface area contributed by atoms with E-state index in [1.54, 1.807) is 18.2 Å². The Balaban J connectivity index is 1.96. The number of carbonyl (C=O) groups is 1. The lowest BCUT2D eigenvalue weighted by atomic mass is 10.3. The molecule has 9 heteroatoms. The van der Waals surface area contributed by atoms with Crippen molar-refractivity contribution in [2.75, 3.05) is 16.9 Å². The fourth-order valence-corrected chi connectivity index (χ4v) is 2.57. The maximum absolute atomic E-state index is 11.9. The number of carbonyl (C=O) groups excluding carboxylic acids is 1. The average Bonchev–Trinajstić information content (AvgIpc) is 2.81. The van der Waals surface area contributed by atoms with E-state index < -0.39 is 0 Å². The van der Waals surface area contributed by atoms with Crippen LogP contribution in [-0.2, 0) is 11.2 Å². The van der Waals surface area contributed by atoms with Crippen LogP contribution in [0.15, 0.2) is 23.4 Å². The molecule has 0 saturated heterocycles. The number of rotatable bonds is 5. The van der Waals surface area contributed by atoms with Crippen molar-refractivity contribution in [1.29, 1.82) is 0 Å². The summed E-state index contributed by atoms with van der Waals surface area (Å²) in [6.07, 6.45) is 0.675. The Hall–Kier alpha value is -1.44. The first-order valence-electron chi connectivity index (χ1n) is 6.08. The smallest absolute Gasteiger partial charge is 0.234 e. The highest BCUT2D eigenvalue weighted by atomic mass is 35.5. The van der Waals surface area contributed by atoms with Gasteiger partial charge in [0.1, 0.15) is 0 Å². The molecular formula is C12H13Cl2N5OS. The van der Waals surface area contributed by atoms with Crippen molar-refractivity contribution in [2.45, 2.75) is 18.5 Å². The maximum atomic E-state index is 11.9. The summed E-state index contributed by atoms with van der Waals surface area (Å²) in [5, 5.41) is 11.9. The number of hydrogen-bond donors (Lipinski definition) is 2. The van der Waals surface area contributed by atoms with Crippen molar-refractivity contribution in [3.8, 4) is 0 Å². The average molecular weight is 346 g/mol. The Morgan fingerprint density at radius 1 is 1.43 bits per heavy atom. The molecule has 1 aromatic carbocycles. The topological polar surface area (TPSA) is 85.8 Å². The minimum Gasteiger partial charge on any atom is -0.336 e. The summed E-state index contributed by atoms with van der Waals surface area (Å²) in [5.41, 5.74) is 0.471. The van der Waals surface area contributed by atoms with E-state index in [4.69, 9.17) is 29.0 Å². The molecule has 6 nitrogen and oxygen atoms in total. The zero-order valence-electron chi connectivity index (χ0n) is 11.1. The van der Waals surface area contributed by atoms with E-state index in [1.807, 2.05) is 6.92 Å². The standard InChI is InChI=1S/C12H13Cl2N5OS/c1-2-10-17-18-12(19(10)15)21-6-11(20)16-9-5-7(13)3-4-8(9)14/h3-5H,2,6,15H2,1H3,(H,16,20). The lowest BCUT2D eigenvalue weighted by molar-refractivity contribution is -0.113. The van der Waals surface area contributed by atoms with Crippen LogP contribution in [0.1, 0.15) is 12.7 Å². The molecule has 0 aliphatic rings. The third kappa shape index (κ3) is 4.03. The first-order valence-corrected chi connectivity index (χ1v) is 7.82. The predicted octanol–water partition coefficient (Wildman–Crippen LogP) is 2.59. The van der Waals surface area contributed by atoms with Crippen LogP contribution in [0, 0.1) is 0 Å². The summed E-state index contributed by atoms with van der Waals surface area (Å²) in [5.74, 6) is 6.37. The molecule has 1 aromatic heterocycles. The summed E-state index contributed by atoms with van der Waals surface area (Å²) in [4.78, 5) is 11.9. The first-order chi connectivity index (χ1) is 10.0. The van der Waals surface area contributed by atoms with E-state index in [0.717, 1.165) is 0 Å². The molecule has 3 N–H and O–H groups in total. The van der Waals surface area contributed by atoms with Crippen molar-refractivity contribution in [1.82, 2.24) is 14.9 Å². The van der Waals surface area contributed by atoms with Gasteiger partial charge in [-0.1, -0.05) is 41.9 Å². The van der Waals surface area contributed by atoms with Crippen molar-refractivity contribution >= 4 is 46.6 Å². The largest absolute Gasteiger partial charge is 0.336 e. The molecule has 0 spiro atoms. The van der Waals surface area contributed by atoms with E-state index in [0.29, 0.717) is 33.1 Å². The molecule has 1 amide bonds. The van der Waals surface area contributed by atoms with Gasteiger partial charge in [0.2, 0.25) is 11.1 Å². The first kappa shape index (κ1) is 15.9. The number of nitrogens with two attached hydrogens (primary N) is 1. The number of aromatic nitrogens is 3. The third-order valence-electron chi connectivity index (χ3n) is 2.59. The molecule has 0 unspecified atom stereocenters. The number of nitrogens with one attached hydrogen (secondary N) is 1. The highest BCUT2D eigenvalue weighted by molar-refractivity contribution is 7.99. The molecule has 0 atom stereocenters. The van der Waals surface area contributed by atoms with Gasteiger partial charge in [0.05, 0.1) is 16.5 Å². The number of benzene rings is 1. The van der Waals surface area contributed by atoms with Crippen LogP contribution in [-0.4, -0.2) is 26.5 Å². The molecule has 0 fully saturated rings. The fraction of sp³-hybridized carbons (Fsp3) is 0.250. The molecular weight excluding hydrogens is 333 g/mol. The Kier molecular flexibility index (Phi) is 5.33. The normalized spacial score (nSPS) is 10.6. The van der Waals surface area contributed by atoms with Crippen LogP contribution < -0.4 is 11.2 Å². The van der Waals surface area contributed by atoms with Gasteiger partial charge < -0.3 is 11.2 Å². The molecule has 0 radical (unpaired) electrons. The van der Waals surface area contributed by atoms with Gasteiger partial charge in [-0.25, -0.2) is 4.68 Å². The molecule has 1 heterocycles. The van der Waals surface area contributed by atoms with Crippen LogP contribution >= 0.6 is 35.0 Å². The molecule has 0 bridgehead atoms. The lowest BCUT2D eigenvalue weighted by Gasteiger charge is -2.07. The van der Waals surface area contributed by atoms with Crippen LogP contribution in [0.2, 0.25) is 10.0 Å². The van der Waals surface area contributed by atoms with Crippen LogP contribution in [0.5, 0.6) is 0 Å². The molecule has 2 rings (SSSR count). The lowest BCUT2D eigenvalue weighted by Crippen LogP contribution is -2.17. The maximum Gasteiger partial charge on any atom is 0.234 e. The number of thioether (sulfide) groups is 1. The molecule has 0 saturated carbocycles. The number of aryl methyl sites for hydroxylation is 1. The van der Waals surface area contributed by atoms with Gasteiger partial charge >= 0.3 is 0 Å². The Bertz CT molecular complexity index is 661. The van der Waals surface area contributed by atoms with Crippen molar-refractivity contribution in [3.63, 3.8) is 0 Å². The zero-order chi connectivity index (χ0) is 15.4. The third-order valence-corrected chi connectivity index (χ3v) is 4.09. The Labute approximate surface area is 136 Å². The molecule has 112 valence electrons. The number of amides is 1. The van der Waals surface area contributed by atoms with E-state index in [1.165, 1.54) is 16.4 Å².